The molecule has 0 spiro atoms. The van der Waals surface area contributed by atoms with Gasteiger partial charge in [0.15, 0.2) is 0 Å². The third kappa shape index (κ3) is 3.31. The lowest BCUT2D eigenvalue weighted by Crippen LogP contribution is -2.34. The number of carbonyl (C=O) groups is 1. The number of hydrogen-bond donors (Lipinski definition) is 1. The first-order valence-corrected chi connectivity index (χ1v) is 8.52. The first kappa shape index (κ1) is 15.6. The molecular weight excluding hydrogens is 314 g/mol. The van der Waals surface area contributed by atoms with Gasteiger partial charge in [-0.2, -0.15) is 0 Å². The topological polar surface area (TPSA) is 64.0 Å². The Labute approximate surface area is 145 Å². The molecule has 4 rings (SSSR count). The highest BCUT2D eigenvalue weighted by atomic mass is 16.2. The maximum Gasteiger partial charge on any atom is 0.261 e. The monoisotopic (exact) mass is 333 g/mol. The second kappa shape index (κ2) is 6.51. The SMILES string of the molecule is O=C(Cn1c(C2CC2)nc2ccccc2c1=O)NCc1ccccc1. The number of benzene rings is 2. The van der Waals surface area contributed by atoms with Gasteiger partial charge in [0.1, 0.15) is 12.4 Å². The van der Waals surface area contributed by atoms with Gasteiger partial charge in [-0.25, -0.2) is 4.98 Å². The molecule has 0 atom stereocenters. The molecular formula is C20H19N3O2. The van der Waals surface area contributed by atoms with E-state index in [9.17, 15) is 9.59 Å². The van der Waals surface area contributed by atoms with Crippen LogP contribution in [0.1, 0.15) is 30.1 Å². The van der Waals surface area contributed by atoms with E-state index >= 15 is 0 Å². The van der Waals surface area contributed by atoms with Crippen LogP contribution >= 0.6 is 0 Å². The van der Waals surface area contributed by atoms with Crippen LogP contribution in [0.2, 0.25) is 0 Å². The summed E-state index contributed by atoms with van der Waals surface area (Å²) in [5.41, 5.74) is 1.60. The molecule has 1 fully saturated rings. The minimum atomic E-state index is -0.176. The van der Waals surface area contributed by atoms with E-state index < -0.39 is 0 Å². The van der Waals surface area contributed by atoms with Crippen molar-refractivity contribution in [1.29, 1.82) is 0 Å². The van der Waals surface area contributed by atoms with Crippen molar-refractivity contribution in [3.63, 3.8) is 0 Å². The summed E-state index contributed by atoms with van der Waals surface area (Å²) in [5.74, 6) is 0.850. The highest BCUT2D eigenvalue weighted by Gasteiger charge is 2.29. The summed E-state index contributed by atoms with van der Waals surface area (Å²) in [4.78, 5) is 29.9. The van der Waals surface area contributed by atoms with Crippen LogP contribution in [0.5, 0.6) is 0 Å². The lowest BCUT2D eigenvalue weighted by atomic mass is 10.2. The second-order valence-corrected chi connectivity index (χ2v) is 6.42. The quantitative estimate of drug-likeness (QED) is 0.780. The number of nitrogens with one attached hydrogen (secondary N) is 1. The molecule has 126 valence electrons. The largest absolute Gasteiger partial charge is 0.350 e. The number of carbonyl (C=O) groups excluding carboxylic acids is 1. The minimum absolute atomic E-state index is 0.00926. The van der Waals surface area contributed by atoms with Crippen molar-refractivity contribution < 1.29 is 4.79 Å². The normalized spacial score (nSPS) is 13.8. The van der Waals surface area contributed by atoms with Crippen LogP contribution in [-0.2, 0) is 17.9 Å². The van der Waals surface area contributed by atoms with Crippen molar-refractivity contribution >= 4 is 16.8 Å². The fraction of sp³-hybridized carbons (Fsp3) is 0.250. The van der Waals surface area contributed by atoms with Gasteiger partial charge in [0, 0.05) is 12.5 Å². The number of fused-ring (bicyclic) bond motifs is 1. The second-order valence-electron chi connectivity index (χ2n) is 6.42. The number of nitrogens with zero attached hydrogens (tertiary/aromatic N) is 2. The van der Waals surface area contributed by atoms with E-state index in [1.165, 1.54) is 0 Å². The smallest absolute Gasteiger partial charge is 0.261 e. The van der Waals surface area contributed by atoms with Gasteiger partial charge >= 0.3 is 0 Å². The zero-order valence-corrected chi connectivity index (χ0v) is 13.8. The zero-order chi connectivity index (χ0) is 17.2. The van der Waals surface area contributed by atoms with Gasteiger partial charge < -0.3 is 5.32 Å². The Kier molecular flexibility index (Phi) is 4.06. The van der Waals surface area contributed by atoms with Crippen LogP contribution in [0.3, 0.4) is 0 Å². The predicted molar refractivity (Wildman–Crippen MR) is 96.3 cm³/mol. The molecule has 1 aromatic heterocycles. The van der Waals surface area contributed by atoms with Gasteiger partial charge in [0.2, 0.25) is 5.91 Å². The van der Waals surface area contributed by atoms with Gasteiger partial charge in [0.05, 0.1) is 10.9 Å². The highest BCUT2D eigenvalue weighted by molar-refractivity contribution is 5.79. The fourth-order valence-electron chi connectivity index (χ4n) is 2.99. The Balaban J connectivity index is 1.59. The Morgan fingerprint density at radius 1 is 1.08 bits per heavy atom. The maximum atomic E-state index is 12.8. The Morgan fingerprint density at radius 2 is 1.80 bits per heavy atom. The van der Waals surface area contributed by atoms with Crippen molar-refractivity contribution in [3.8, 4) is 0 Å². The van der Waals surface area contributed by atoms with E-state index in [4.69, 9.17) is 0 Å². The zero-order valence-electron chi connectivity index (χ0n) is 13.8. The van der Waals surface area contributed by atoms with Crippen molar-refractivity contribution in [3.05, 3.63) is 76.3 Å². The molecule has 0 saturated heterocycles. The van der Waals surface area contributed by atoms with E-state index in [-0.39, 0.29) is 18.0 Å². The number of amides is 1. The first-order valence-electron chi connectivity index (χ1n) is 8.52. The summed E-state index contributed by atoms with van der Waals surface area (Å²) in [6, 6.07) is 17.0. The fourth-order valence-corrected chi connectivity index (χ4v) is 2.99. The molecule has 25 heavy (non-hydrogen) atoms. The number of hydrogen-bond acceptors (Lipinski definition) is 3. The Bertz CT molecular complexity index is 975. The third-order valence-corrected chi connectivity index (χ3v) is 4.47. The van der Waals surface area contributed by atoms with Gasteiger partial charge in [-0.1, -0.05) is 42.5 Å². The van der Waals surface area contributed by atoms with E-state index in [1.54, 1.807) is 10.6 Å². The van der Waals surface area contributed by atoms with Crippen LogP contribution in [0.15, 0.2) is 59.4 Å². The molecule has 1 aliphatic rings. The van der Waals surface area contributed by atoms with Gasteiger partial charge in [-0.05, 0) is 30.5 Å². The molecule has 3 aromatic rings. The predicted octanol–water partition coefficient (Wildman–Crippen LogP) is 2.59. The van der Waals surface area contributed by atoms with E-state index in [2.05, 4.69) is 10.3 Å². The molecule has 1 saturated carbocycles. The molecule has 0 radical (unpaired) electrons. The summed E-state index contributed by atoms with van der Waals surface area (Å²) in [6.45, 7) is 0.462. The number of aromatic nitrogens is 2. The van der Waals surface area contributed by atoms with E-state index in [0.29, 0.717) is 23.4 Å². The molecule has 2 aromatic carbocycles. The van der Waals surface area contributed by atoms with Crippen LogP contribution in [-0.4, -0.2) is 15.5 Å². The molecule has 0 bridgehead atoms. The van der Waals surface area contributed by atoms with Crippen molar-refractivity contribution in [2.75, 3.05) is 0 Å². The summed E-state index contributed by atoms with van der Waals surface area (Å²) in [7, 11) is 0. The maximum absolute atomic E-state index is 12.8. The Hall–Kier alpha value is -2.95. The van der Waals surface area contributed by atoms with Gasteiger partial charge in [-0.3, -0.25) is 14.2 Å². The molecule has 0 unspecified atom stereocenters. The van der Waals surface area contributed by atoms with Crippen LogP contribution in [0.4, 0.5) is 0 Å². The Morgan fingerprint density at radius 3 is 2.56 bits per heavy atom. The number of para-hydroxylation sites is 1. The summed E-state index contributed by atoms with van der Waals surface area (Å²) in [5, 5.41) is 3.44. The molecule has 5 heteroatoms. The lowest BCUT2D eigenvalue weighted by Gasteiger charge is -2.13. The van der Waals surface area contributed by atoms with Crippen molar-refractivity contribution in [2.24, 2.45) is 0 Å². The van der Waals surface area contributed by atoms with Crippen LogP contribution in [0.25, 0.3) is 10.9 Å². The standard InChI is InChI=1S/C20H19N3O2/c24-18(21-12-14-6-2-1-3-7-14)13-23-19(15-10-11-15)22-17-9-5-4-8-16(17)20(23)25/h1-9,15H,10-13H2,(H,21,24). The average molecular weight is 333 g/mol. The highest BCUT2D eigenvalue weighted by Crippen LogP contribution is 2.38. The molecule has 5 nitrogen and oxygen atoms in total. The minimum Gasteiger partial charge on any atom is -0.350 e. The lowest BCUT2D eigenvalue weighted by molar-refractivity contribution is -0.121. The van der Waals surface area contributed by atoms with Crippen LogP contribution in [0, 0.1) is 0 Å². The van der Waals surface area contributed by atoms with Gasteiger partial charge in [-0.15, -0.1) is 0 Å². The van der Waals surface area contributed by atoms with Gasteiger partial charge in [0.25, 0.3) is 5.56 Å². The molecule has 1 amide bonds. The van der Waals surface area contributed by atoms with Crippen molar-refractivity contribution in [2.45, 2.75) is 31.8 Å². The number of rotatable bonds is 5. The van der Waals surface area contributed by atoms with E-state index in [0.717, 1.165) is 24.2 Å². The summed E-state index contributed by atoms with van der Waals surface area (Å²) >= 11 is 0. The molecule has 1 N–H and O–H groups in total. The van der Waals surface area contributed by atoms with Crippen LogP contribution < -0.4 is 10.9 Å². The molecule has 0 aliphatic heterocycles. The first-order chi connectivity index (χ1) is 12.2. The van der Waals surface area contributed by atoms with Crippen molar-refractivity contribution in [1.82, 2.24) is 14.9 Å². The third-order valence-electron chi connectivity index (χ3n) is 4.47. The summed E-state index contributed by atoms with van der Waals surface area (Å²) in [6.07, 6.45) is 2.05. The molecule has 1 aliphatic carbocycles. The summed E-state index contributed by atoms with van der Waals surface area (Å²) < 4.78 is 1.54. The molecule has 1 heterocycles. The van der Waals surface area contributed by atoms with E-state index in [1.807, 2.05) is 48.5 Å². The average Bonchev–Trinajstić information content (AvgIpc) is 3.48.